The van der Waals surface area contributed by atoms with Crippen molar-refractivity contribution in [3.63, 3.8) is 0 Å². The average Bonchev–Trinajstić information content (AvgIpc) is 2.24. The van der Waals surface area contributed by atoms with E-state index >= 15 is 0 Å². The molecule has 0 aromatic rings. The van der Waals surface area contributed by atoms with Crippen LogP contribution in [0.1, 0.15) is 34.6 Å². The Labute approximate surface area is 99.2 Å². The van der Waals surface area contributed by atoms with E-state index in [1.54, 1.807) is 6.92 Å². The van der Waals surface area contributed by atoms with E-state index in [1.807, 2.05) is 20.8 Å². The van der Waals surface area contributed by atoms with E-state index in [0.29, 0.717) is 6.04 Å². The molecule has 0 amide bonds. The molecule has 1 aliphatic rings. The second kappa shape index (κ2) is 7.63. The van der Waals surface area contributed by atoms with Crippen LogP contribution in [0, 0.1) is 0 Å². The average molecular weight is 230 g/mol. The number of carbonyl (C=O) groups is 1. The third-order valence-electron chi connectivity index (χ3n) is 3.07. The minimum absolute atomic E-state index is 0.357. The molecule has 1 unspecified atom stereocenters. The molecule has 0 radical (unpaired) electrons. The van der Waals surface area contributed by atoms with Gasteiger partial charge in [-0.25, -0.2) is 0 Å². The zero-order chi connectivity index (χ0) is 12.7. The third kappa shape index (κ3) is 3.76. The summed E-state index contributed by atoms with van der Waals surface area (Å²) in [5, 5.41) is 8.92. The van der Waals surface area contributed by atoms with E-state index in [4.69, 9.17) is 5.11 Å². The van der Waals surface area contributed by atoms with E-state index in [-0.39, 0.29) is 6.04 Å². The number of hydrogen-bond acceptors (Lipinski definition) is 3. The molecule has 0 aromatic heterocycles. The van der Waals surface area contributed by atoms with Gasteiger partial charge in [-0.05, 0) is 20.0 Å². The van der Waals surface area contributed by atoms with E-state index < -0.39 is 5.97 Å². The largest absolute Gasteiger partial charge is 0.480 e. The fourth-order valence-electron chi connectivity index (χ4n) is 2.00. The van der Waals surface area contributed by atoms with E-state index in [1.165, 1.54) is 0 Å². The van der Waals surface area contributed by atoms with E-state index in [9.17, 15) is 4.79 Å². The van der Waals surface area contributed by atoms with Crippen molar-refractivity contribution in [1.29, 1.82) is 0 Å². The van der Waals surface area contributed by atoms with Crippen LogP contribution in [0.2, 0.25) is 0 Å². The maximum absolute atomic E-state index is 10.8. The van der Waals surface area contributed by atoms with Gasteiger partial charge < -0.3 is 10.0 Å². The van der Waals surface area contributed by atoms with Crippen molar-refractivity contribution in [3.05, 3.63) is 0 Å². The Hall–Kier alpha value is -0.610. The van der Waals surface area contributed by atoms with Crippen LogP contribution in [0.4, 0.5) is 0 Å². The second-order valence-electron chi connectivity index (χ2n) is 3.85. The highest BCUT2D eigenvalue weighted by Crippen LogP contribution is 2.16. The van der Waals surface area contributed by atoms with Crippen molar-refractivity contribution in [2.75, 3.05) is 26.2 Å². The van der Waals surface area contributed by atoms with Gasteiger partial charge in [0.1, 0.15) is 6.04 Å². The normalized spacial score (nSPS) is 18.6. The molecule has 1 saturated heterocycles. The molecule has 96 valence electrons. The van der Waals surface area contributed by atoms with E-state index in [0.717, 1.165) is 26.2 Å². The molecule has 1 atom stereocenters. The van der Waals surface area contributed by atoms with Gasteiger partial charge in [0.05, 0.1) is 0 Å². The molecule has 16 heavy (non-hydrogen) atoms. The summed E-state index contributed by atoms with van der Waals surface area (Å²) in [4.78, 5) is 15.2. The SMILES string of the molecule is CC.CCN1CC(N(CC)C(C)C(=O)O)C1. The van der Waals surface area contributed by atoms with Crippen molar-refractivity contribution < 1.29 is 9.90 Å². The predicted octanol–water partition coefficient (Wildman–Crippen LogP) is 1.51. The molecule has 0 aliphatic carbocycles. The van der Waals surface area contributed by atoms with Crippen molar-refractivity contribution in [1.82, 2.24) is 9.80 Å². The molecule has 1 heterocycles. The quantitative estimate of drug-likeness (QED) is 0.777. The topological polar surface area (TPSA) is 43.8 Å². The molecule has 1 fully saturated rings. The van der Waals surface area contributed by atoms with Gasteiger partial charge in [0.25, 0.3) is 0 Å². The van der Waals surface area contributed by atoms with Crippen LogP contribution in [0.25, 0.3) is 0 Å². The second-order valence-corrected chi connectivity index (χ2v) is 3.85. The third-order valence-corrected chi connectivity index (χ3v) is 3.07. The van der Waals surface area contributed by atoms with Gasteiger partial charge in [-0.1, -0.05) is 27.7 Å². The molecule has 1 rings (SSSR count). The summed E-state index contributed by atoms with van der Waals surface area (Å²) in [6.45, 7) is 13.8. The number of hydrogen-bond donors (Lipinski definition) is 1. The van der Waals surface area contributed by atoms with Crippen LogP contribution < -0.4 is 0 Å². The van der Waals surface area contributed by atoms with Gasteiger partial charge in [-0.2, -0.15) is 0 Å². The number of carboxylic acid groups (broad SMARTS) is 1. The standard InChI is InChI=1S/C10H20N2O2.C2H6/c1-4-11-6-9(7-11)12(5-2)8(3)10(13)14;1-2/h8-9H,4-7H2,1-3H3,(H,13,14);1-2H3. The lowest BCUT2D eigenvalue weighted by molar-refractivity contribution is -0.145. The summed E-state index contributed by atoms with van der Waals surface area (Å²) in [5.74, 6) is -0.721. The first-order valence-electron chi connectivity index (χ1n) is 6.31. The predicted molar refractivity (Wildman–Crippen MR) is 66.7 cm³/mol. The Morgan fingerprint density at radius 2 is 1.94 bits per heavy atom. The zero-order valence-corrected chi connectivity index (χ0v) is 11.2. The monoisotopic (exact) mass is 230 g/mol. The molecule has 0 spiro atoms. The fraction of sp³-hybridized carbons (Fsp3) is 0.917. The van der Waals surface area contributed by atoms with Crippen LogP contribution in [0.15, 0.2) is 0 Å². The minimum atomic E-state index is -0.721. The maximum Gasteiger partial charge on any atom is 0.320 e. The highest BCUT2D eigenvalue weighted by Gasteiger charge is 2.34. The molecule has 4 nitrogen and oxygen atoms in total. The summed E-state index contributed by atoms with van der Waals surface area (Å²) < 4.78 is 0. The summed E-state index contributed by atoms with van der Waals surface area (Å²) in [7, 11) is 0. The van der Waals surface area contributed by atoms with E-state index in [2.05, 4.69) is 16.7 Å². The summed E-state index contributed by atoms with van der Waals surface area (Å²) in [6, 6.07) is 0.0788. The van der Waals surface area contributed by atoms with Crippen LogP contribution in [-0.2, 0) is 4.79 Å². The maximum atomic E-state index is 10.8. The van der Waals surface area contributed by atoms with Gasteiger partial charge in [-0.15, -0.1) is 0 Å². The molecular formula is C12H26N2O2. The van der Waals surface area contributed by atoms with Gasteiger partial charge in [0.2, 0.25) is 0 Å². The van der Waals surface area contributed by atoms with Gasteiger partial charge in [0, 0.05) is 19.1 Å². The molecule has 0 aromatic carbocycles. The summed E-state index contributed by atoms with van der Waals surface area (Å²) in [5.41, 5.74) is 0. The van der Waals surface area contributed by atoms with Crippen LogP contribution in [0.3, 0.4) is 0 Å². The van der Waals surface area contributed by atoms with Gasteiger partial charge in [-0.3, -0.25) is 9.69 Å². The van der Waals surface area contributed by atoms with Crippen molar-refractivity contribution >= 4 is 5.97 Å². The smallest absolute Gasteiger partial charge is 0.320 e. The Morgan fingerprint density at radius 3 is 2.25 bits per heavy atom. The first-order chi connectivity index (χ1) is 7.60. The Kier molecular flexibility index (Phi) is 7.34. The summed E-state index contributed by atoms with van der Waals surface area (Å²) >= 11 is 0. The van der Waals surface area contributed by atoms with Crippen LogP contribution in [-0.4, -0.2) is 59.1 Å². The Morgan fingerprint density at radius 1 is 1.44 bits per heavy atom. The van der Waals surface area contributed by atoms with Crippen molar-refractivity contribution in [2.45, 2.75) is 46.7 Å². The van der Waals surface area contributed by atoms with Gasteiger partial charge in [0.15, 0.2) is 0 Å². The van der Waals surface area contributed by atoms with Crippen LogP contribution in [0.5, 0.6) is 0 Å². The first kappa shape index (κ1) is 15.4. The van der Waals surface area contributed by atoms with Crippen LogP contribution >= 0.6 is 0 Å². The molecule has 1 aliphatic heterocycles. The first-order valence-corrected chi connectivity index (χ1v) is 6.31. The number of likely N-dealkylation sites (N-methyl/N-ethyl adjacent to an activating group) is 2. The summed E-state index contributed by atoms with van der Waals surface area (Å²) in [6.07, 6.45) is 0. The zero-order valence-electron chi connectivity index (χ0n) is 11.2. The molecule has 0 saturated carbocycles. The lowest BCUT2D eigenvalue weighted by atomic mass is 10.1. The number of nitrogens with zero attached hydrogens (tertiary/aromatic N) is 2. The number of carboxylic acids is 1. The highest BCUT2D eigenvalue weighted by molar-refractivity contribution is 5.72. The lowest BCUT2D eigenvalue weighted by Gasteiger charge is -2.46. The Bertz CT molecular complexity index is 203. The number of likely N-dealkylation sites (tertiary alicyclic amines) is 1. The lowest BCUT2D eigenvalue weighted by Crippen LogP contribution is -2.62. The molecule has 0 bridgehead atoms. The van der Waals surface area contributed by atoms with Crippen molar-refractivity contribution in [3.8, 4) is 0 Å². The fourth-order valence-corrected chi connectivity index (χ4v) is 2.00. The highest BCUT2D eigenvalue weighted by atomic mass is 16.4. The molecule has 4 heteroatoms. The van der Waals surface area contributed by atoms with Crippen molar-refractivity contribution in [2.24, 2.45) is 0 Å². The number of aliphatic carboxylic acids is 1. The molecular weight excluding hydrogens is 204 g/mol. The minimum Gasteiger partial charge on any atom is -0.480 e. The van der Waals surface area contributed by atoms with Gasteiger partial charge >= 0.3 is 5.97 Å². The molecule has 1 N–H and O–H groups in total. The number of rotatable bonds is 5. The Balaban J connectivity index is 0.00000106.